The number of benzene rings is 2. The molecule has 2 N–H and O–H groups in total. The van der Waals surface area contributed by atoms with Crippen LogP contribution in [0.3, 0.4) is 0 Å². The Morgan fingerprint density at radius 1 is 1.08 bits per heavy atom. The third-order valence-electron chi connectivity index (χ3n) is 3.53. The summed E-state index contributed by atoms with van der Waals surface area (Å²) in [5.41, 5.74) is -1.77. The fourth-order valence-corrected chi connectivity index (χ4v) is 2.66. The first kappa shape index (κ1) is 17.9. The molecule has 9 heteroatoms. The highest BCUT2D eigenvalue weighted by atomic mass is 35.5. The molecule has 1 heterocycles. The number of alkyl halides is 3. The number of anilines is 1. The second-order valence-corrected chi connectivity index (χ2v) is 5.64. The van der Waals surface area contributed by atoms with Crippen LogP contribution in [0.4, 0.5) is 23.4 Å². The minimum absolute atomic E-state index is 0.171. The van der Waals surface area contributed by atoms with Crippen LogP contribution in [-0.2, 0) is 6.18 Å². The number of halogens is 5. The average Bonchev–Trinajstić information content (AvgIpc) is 2.99. The highest BCUT2D eigenvalue weighted by Gasteiger charge is 2.38. The number of amides is 1. The molecule has 4 nitrogen and oxygen atoms in total. The summed E-state index contributed by atoms with van der Waals surface area (Å²) < 4.78 is 53.7. The van der Waals surface area contributed by atoms with Gasteiger partial charge < -0.3 is 5.32 Å². The lowest BCUT2D eigenvalue weighted by molar-refractivity contribution is -0.140. The Balaban J connectivity index is 2.06. The highest BCUT2D eigenvalue weighted by Crippen LogP contribution is 2.39. The topological polar surface area (TPSA) is 57.8 Å². The third-order valence-corrected chi connectivity index (χ3v) is 3.85. The van der Waals surface area contributed by atoms with Gasteiger partial charge >= 0.3 is 6.18 Å². The van der Waals surface area contributed by atoms with Gasteiger partial charge in [0.25, 0.3) is 5.91 Å². The highest BCUT2D eigenvalue weighted by molar-refractivity contribution is 6.34. The second-order valence-electron chi connectivity index (χ2n) is 5.24. The number of hydrogen-bond donors (Lipinski definition) is 2. The molecular weight excluding hydrogens is 374 g/mol. The molecule has 0 saturated carbocycles. The van der Waals surface area contributed by atoms with Gasteiger partial charge in [0.1, 0.15) is 11.5 Å². The van der Waals surface area contributed by atoms with Gasteiger partial charge in [0.15, 0.2) is 5.82 Å². The van der Waals surface area contributed by atoms with Gasteiger partial charge in [0, 0.05) is 0 Å². The van der Waals surface area contributed by atoms with E-state index in [1.165, 1.54) is 24.3 Å². The standard InChI is InChI=1S/C17H10ClF4N3O/c18-10-7-4-8-11(19)13(10)16(26)23-15-12(9-5-2-1-3-6-9)14(24-25-15)17(20,21)22/h1-8H,(H2,23,24,25,26). The second kappa shape index (κ2) is 6.80. The lowest BCUT2D eigenvalue weighted by atomic mass is 10.0. The van der Waals surface area contributed by atoms with Crippen molar-refractivity contribution in [2.24, 2.45) is 0 Å². The lowest BCUT2D eigenvalue weighted by Crippen LogP contribution is -2.15. The summed E-state index contributed by atoms with van der Waals surface area (Å²) in [6.45, 7) is 0. The summed E-state index contributed by atoms with van der Waals surface area (Å²) in [6.07, 6.45) is -4.73. The van der Waals surface area contributed by atoms with Crippen molar-refractivity contribution in [3.05, 3.63) is 70.6 Å². The average molecular weight is 384 g/mol. The Bertz CT molecular complexity index is 934. The molecule has 0 spiro atoms. The lowest BCUT2D eigenvalue weighted by Gasteiger charge is -2.10. The zero-order valence-electron chi connectivity index (χ0n) is 12.9. The summed E-state index contributed by atoms with van der Waals surface area (Å²) in [4.78, 5) is 12.3. The minimum atomic E-state index is -4.73. The maximum absolute atomic E-state index is 13.9. The van der Waals surface area contributed by atoms with Gasteiger partial charge in [-0.15, -0.1) is 0 Å². The monoisotopic (exact) mass is 383 g/mol. The third kappa shape index (κ3) is 3.41. The zero-order chi connectivity index (χ0) is 18.9. The van der Waals surface area contributed by atoms with Crippen LogP contribution in [0.15, 0.2) is 48.5 Å². The van der Waals surface area contributed by atoms with Gasteiger partial charge in [-0.25, -0.2) is 4.39 Å². The van der Waals surface area contributed by atoms with Crippen molar-refractivity contribution < 1.29 is 22.4 Å². The molecule has 0 radical (unpaired) electrons. The van der Waals surface area contributed by atoms with Crippen LogP contribution >= 0.6 is 11.6 Å². The fourth-order valence-electron chi connectivity index (χ4n) is 2.41. The van der Waals surface area contributed by atoms with Crippen molar-refractivity contribution in [1.82, 2.24) is 10.2 Å². The van der Waals surface area contributed by atoms with E-state index in [-0.39, 0.29) is 22.0 Å². The van der Waals surface area contributed by atoms with Crippen molar-refractivity contribution in [3.8, 4) is 11.1 Å². The molecule has 1 aromatic heterocycles. The number of hydrogen-bond acceptors (Lipinski definition) is 2. The van der Waals surface area contributed by atoms with Crippen LogP contribution in [0, 0.1) is 5.82 Å². The number of H-pyrrole nitrogens is 1. The molecule has 0 fully saturated rings. The molecule has 26 heavy (non-hydrogen) atoms. The van der Waals surface area contributed by atoms with Gasteiger partial charge in [-0.3, -0.25) is 9.89 Å². The first-order chi connectivity index (χ1) is 12.3. The van der Waals surface area contributed by atoms with Gasteiger partial charge in [-0.2, -0.15) is 18.3 Å². The normalized spacial score (nSPS) is 11.4. The quantitative estimate of drug-likeness (QED) is 0.615. The maximum Gasteiger partial charge on any atom is 0.433 e. The van der Waals surface area contributed by atoms with Crippen LogP contribution in [0.2, 0.25) is 5.02 Å². The van der Waals surface area contributed by atoms with E-state index in [0.717, 1.165) is 6.07 Å². The Labute approximate surface area is 149 Å². The Kier molecular flexibility index (Phi) is 4.69. The van der Waals surface area contributed by atoms with Crippen molar-refractivity contribution >= 4 is 23.3 Å². The van der Waals surface area contributed by atoms with Crippen LogP contribution in [0.5, 0.6) is 0 Å². The number of carbonyl (C=O) groups is 1. The van der Waals surface area contributed by atoms with E-state index in [1.54, 1.807) is 18.2 Å². The van der Waals surface area contributed by atoms with Crippen molar-refractivity contribution in [2.45, 2.75) is 6.18 Å². The van der Waals surface area contributed by atoms with Gasteiger partial charge in [0.2, 0.25) is 0 Å². The van der Waals surface area contributed by atoms with Crippen LogP contribution in [-0.4, -0.2) is 16.1 Å². The molecule has 2 aromatic carbocycles. The molecule has 3 rings (SSSR count). The molecule has 0 aliphatic heterocycles. The predicted molar refractivity (Wildman–Crippen MR) is 88.4 cm³/mol. The largest absolute Gasteiger partial charge is 0.433 e. The van der Waals surface area contributed by atoms with E-state index in [0.29, 0.717) is 0 Å². The first-order valence-electron chi connectivity index (χ1n) is 7.25. The first-order valence-corrected chi connectivity index (χ1v) is 7.63. The summed E-state index contributed by atoms with van der Waals surface area (Å²) in [6, 6.07) is 11.2. The molecule has 0 aliphatic rings. The van der Waals surface area contributed by atoms with E-state index in [2.05, 4.69) is 10.4 Å². The number of nitrogens with one attached hydrogen (secondary N) is 2. The van der Waals surface area contributed by atoms with E-state index in [9.17, 15) is 22.4 Å². The van der Waals surface area contributed by atoms with E-state index >= 15 is 0 Å². The summed E-state index contributed by atoms with van der Waals surface area (Å²) in [5.74, 6) is -2.29. The van der Waals surface area contributed by atoms with E-state index in [1.807, 2.05) is 5.10 Å². The SMILES string of the molecule is O=C(Nc1n[nH]c(C(F)(F)F)c1-c1ccccc1)c1c(F)cccc1Cl. The molecule has 0 aliphatic carbocycles. The number of carbonyl (C=O) groups excluding carboxylic acids is 1. The molecular formula is C17H10ClF4N3O. The fraction of sp³-hybridized carbons (Fsp3) is 0.0588. The molecule has 1 amide bonds. The number of rotatable bonds is 3. The Morgan fingerprint density at radius 3 is 2.38 bits per heavy atom. The Morgan fingerprint density at radius 2 is 1.77 bits per heavy atom. The number of aromatic amines is 1. The molecule has 134 valence electrons. The van der Waals surface area contributed by atoms with E-state index < -0.39 is 29.2 Å². The predicted octanol–water partition coefficient (Wildman–Crippen LogP) is 5.14. The van der Waals surface area contributed by atoms with E-state index in [4.69, 9.17) is 11.6 Å². The van der Waals surface area contributed by atoms with Crippen LogP contribution in [0.25, 0.3) is 11.1 Å². The van der Waals surface area contributed by atoms with Crippen LogP contribution in [0.1, 0.15) is 16.1 Å². The van der Waals surface area contributed by atoms with Gasteiger partial charge in [-0.1, -0.05) is 48.0 Å². The molecule has 0 saturated heterocycles. The van der Waals surface area contributed by atoms with Crippen molar-refractivity contribution in [1.29, 1.82) is 0 Å². The zero-order valence-corrected chi connectivity index (χ0v) is 13.6. The molecule has 0 bridgehead atoms. The number of aromatic nitrogens is 2. The van der Waals surface area contributed by atoms with Gasteiger partial charge in [-0.05, 0) is 17.7 Å². The Hall–Kier alpha value is -2.87. The maximum atomic E-state index is 13.9. The molecule has 3 aromatic rings. The molecule has 0 atom stereocenters. The summed E-state index contributed by atoms with van der Waals surface area (Å²) >= 11 is 5.82. The molecule has 0 unspecified atom stereocenters. The number of nitrogens with zero attached hydrogens (tertiary/aromatic N) is 1. The summed E-state index contributed by atoms with van der Waals surface area (Å²) in [7, 11) is 0. The minimum Gasteiger partial charge on any atom is -0.304 e. The van der Waals surface area contributed by atoms with Crippen molar-refractivity contribution in [2.75, 3.05) is 5.32 Å². The van der Waals surface area contributed by atoms with Crippen molar-refractivity contribution in [3.63, 3.8) is 0 Å². The van der Waals surface area contributed by atoms with Gasteiger partial charge in [0.05, 0.1) is 16.1 Å². The smallest absolute Gasteiger partial charge is 0.304 e. The summed E-state index contributed by atoms with van der Waals surface area (Å²) in [5, 5.41) is 7.45. The van der Waals surface area contributed by atoms with Crippen LogP contribution < -0.4 is 5.32 Å².